The zero-order chi connectivity index (χ0) is 58.5. The highest BCUT2D eigenvalue weighted by Crippen LogP contribution is 2.19. The molecule has 0 amide bonds. The molecule has 0 rings (SSSR count). The minimum Gasteiger partial charge on any atom is -0.462 e. The molecule has 0 aliphatic carbocycles. The summed E-state index contributed by atoms with van der Waals surface area (Å²) in [5.41, 5.74) is 0. The molecule has 0 heterocycles. The summed E-state index contributed by atoms with van der Waals surface area (Å²) in [6.07, 6.45) is 88.8. The third kappa shape index (κ3) is 68.0. The third-order valence-electron chi connectivity index (χ3n) is 16.3. The van der Waals surface area contributed by atoms with Gasteiger partial charge in [0.05, 0.1) is 0 Å². The van der Waals surface area contributed by atoms with Crippen molar-refractivity contribution in [3.63, 3.8) is 0 Å². The lowest BCUT2D eigenvalue weighted by Crippen LogP contribution is -2.30. The highest BCUT2D eigenvalue weighted by Gasteiger charge is 2.19. The van der Waals surface area contributed by atoms with Gasteiger partial charge in [-0.15, -0.1) is 0 Å². The smallest absolute Gasteiger partial charge is 0.306 e. The van der Waals surface area contributed by atoms with Crippen LogP contribution < -0.4 is 0 Å². The Morgan fingerprint density at radius 1 is 0.259 bits per heavy atom. The van der Waals surface area contributed by atoms with Gasteiger partial charge in [0.2, 0.25) is 0 Å². The van der Waals surface area contributed by atoms with Gasteiger partial charge >= 0.3 is 17.9 Å². The van der Waals surface area contributed by atoms with E-state index in [2.05, 4.69) is 69.4 Å². The number of unbranched alkanes of at least 4 members (excludes halogenated alkanes) is 48. The molecule has 0 bridgehead atoms. The van der Waals surface area contributed by atoms with E-state index in [-0.39, 0.29) is 31.1 Å². The number of carbonyl (C=O) groups excluding carboxylic acids is 3. The molecule has 0 aromatic rings. The quantitative estimate of drug-likeness (QED) is 0.0261. The maximum atomic E-state index is 13.0. The molecule has 474 valence electrons. The van der Waals surface area contributed by atoms with Gasteiger partial charge in [-0.1, -0.05) is 365 Å². The van der Waals surface area contributed by atoms with Crippen molar-refractivity contribution < 1.29 is 28.6 Å². The van der Waals surface area contributed by atoms with Crippen LogP contribution in [-0.2, 0) is 28.6 Å². The summed E-state index contributed by atoms with van der Waals surface area (Å²) in [6.45, 7) is 6.57. The lowest BCUT2D eigenvalue weighted by atomic mass is 10.0. The lowest BCUT2D eigenvalue weighted by molar-refractivity contribution is -0.167. The van der Waals surface area contributed by atoms with Gasteiger partial charge in [-0.2, -0.15) is 0 Å². The van der Waals surface area contributed by atoms with Crippen LogP contribution in [0.3, 0.4) is 0 Å². The Kier molecular flexibility index (Phi) is 67.6. The predicted octanol–water partition coefficient (Wildman–Crippen LogP) is 24.9. The first-order valence-corrected chi connectivity index (χ1v) is 36.1. The van der Waals surface area contributed by atoms with E-state index in [1.165, 1.54) is 270 Å². The summed E-state index contributed by atoms with van der Waals surface area (Å²) < 4.78 is 17.0. The monoisotopic (exact) mass is 1140 g/mol. The normalized spacial score (nSPS) is 12.3. The van der Waals surface area contributed by atoms with Gasteiger partial charge in [-0.25, -0.2) is 0 Å². The molecule has 6 nitrogen and oxygen atoms in total. The Morgan fingerprint density at radius 2 is 0.481 bits per heavy atom. The van der Waals surface area contributed by atoms with Crippen molar-refractivity contribution in [2.24, 2.45) is 0 Å². The van der Waals surface area contributed by atoms with E-state index in [9.17, 15) is 14.4 Å². The number of carbonyl (C=O) groups is 3. The van der Waals surface area contributed by atoms with Gasteiger partial charge in [0.15, 0.2) is 6.10 Å². The number of allylic oxidation sites excluding steroid dienone is 8. The van der Waals surface area contributed by atoms with Crippen LogP contribution in [0.15, 0.2) is 48.6 Å². The molecule has 0 aliphatic heterocycles. The average molecular weight is 1140 g/mol. The van der Waals surface area contributed by atoms with E-state index in [1.54, 1.807) is 0 Å². The minimum atomic E-state index is -0.788. The van der Waals surface area contributed by atoms with Gasteiger partial charge in [0.1, 0.15) is 13.2 Å². The molecule has 0 radical (unpaired) electrons. The molecule has 0 spiro atoms. The van der Waals surface area contributed by atoms with Crippen LogP contribution in [-0.4, -0.2) is 37.2 Å². The van der Waals surface area contributed by atoms with Gasteiger partial charge < -0.3 is 14.2 Å². The van der Waals surface area contributed by atoms with Crippen molar-refractivity contribution in [1.82, 2.24) is 0 Å². The highest BCUT2D eigenvalue weighted by atomic mass is 16.6. The molecular formula is C75H138O6. The molecule has 0 fully saturated rings. The van der Waals surface area contributed by atoms with Gasteiger partial charge in [-0.05, 0) is 57.8 Å². The number of esters is 3. The molecule has 0 N–H and O–H groups in total. The fourth-order valence-electron chi connectivity index (χ4n) is 11.0. The van der Waals surface area contributed by atoms with Gasteiger partial charge in [-0.3, -0.25) is 14.4 Å². The zero-order valence-electron chi connectivity index (χ0n) is 54.6. The van der Waals surface area contributed by atoms with E-state index in [0.29, 0.717) is 19.3 Å². The summed E-state index contributed by atoms with van der Waals surface area (Å²) in [4.78, 5) is 38.4. The third-order valence-corrected chi connectivity index (χ3v) is 16.3. The van der Waals surface area contributed by atoms with Crippen LogP contribution in [0.25, 0.3) is 0 Å². The molecule has 0 aliphatic rings. The second-order valence-corrected chi connectivity index (χ2v) is 24.5. The van der Waals surface area contributed by atoms with E-state index in [0.717, 1.165) is 83.5 Å². The van der Waals surface area contributed by atoms with E-state index in [4.69, 9.17) is 14.2 Å². The van der Waals surface area contributed by atoms with Crippen LogP contribution in [0.1, 0.15) is 393 Å². The molecule has 6 heteroatoms. The predicted molar refractivity (Wildman–Crippen MR) is 353 cm³/mol. The fourth-order valence-corrected chi connectivity index (χ4v) is 11.0. The Labute approximate surface area is 505 Å². The zero-order valence-corrected chi connectivity index (χ0v) is 54.6. The molecule has 81 heavy (non-hydrogen) atoms. The Balaban J connectivity index is 4.25. The van der Waals surface area contributed by atoms with Crippen molar-refractivity contribution in [1.29, 1.82) is 0 Å². The van der Waals surface area contributed by atoms with Crippen molar-refractivity contribution >= 4 is 17.9 Å². The Morgan fingerprint density at radius 3 is 0.753 bits per heavy atom. The van der Waals surface area contributed by atoms with Crippen molar-refractivity contribution in [2.45, 2.75) is 399 Å². The molecular weight excluding hydrogens is 997 g/mol. The first-order valence-electron chi connectivity index (χ1n) is 36.1. The second-order valence-electron chi connectivity index (χ2n) is 24.5. The first-order chi connectivity index (χ1) is 40.0. The Hall–Kier alpha value is -2.63. The molecule has 1 unspecified atom stereocenters. The highest BCUT2D eigenvalue weighted by molar-refractivity contribution is 5.71. The molecule has 0 aromatic heterocycles. The number of hydrogen-bond donors (Lipinski definition) is 0. The summed E-state index contributed by atoms with van der Waals surface area (Å²) in [7, 11) is 0. The standard InChI is InChI=1S/C75H138O6/c1-4-7-10-13-16-19-22-25-28-30-32-34-35-36-37-38-39-41-42-44-47-50-53-56-59-62-65-68-74(77)80-71-72(70-79-73(76)67-64-61-58-55-52-49-46-27-24-21-18-15-12-9-6-3)81-75(78)69-66-63-60-57-54-51-48-45-43-40-33-31-29-26-23-20-17-14-11-8-5-2/h9,12,18,21,27,46,52,55,72H,4-8,10-11,13-17,19-20,22-26,28-45,47-51,53-54,56-71H2,1-3H3/b12-9-,21-18-,46-27-,55-52-. The van der Waals surface area contributed by atoms with E-state index < -0.39 is 6.10 Å². The van der Waals surface area contributed by atoms with E-state index >= 15 is 0 Å². The van der Waals surface area contributed by atoms with Crippen LogP contribution in [0.2, 0.25) is 0 Å². The topological polar surface area (TPSA) is 78.9 Å². The summed E-state index contributed by atoms with van der Waals surface area (Å²) >= 11 is 0. The van der Waals surface area contributed by atoms with Gasteiger partial charge in [0.25, 0.3) is 0 Å². The van der Waals surface area contributed by atoms with Crippen molar-refractivity contribution in [3.8, 4) is 0 Å². The molecule has 0 saturated carbocycles. The maximum Gasteiger partial charge on any atom is 0.306 e. The van der Waals surface area contributed by atoms with Crippen LogP contribution >= 0.6 is 0 Å². The van der Waals surface area contributed by atoms with Crippen LogP contribution in [0.5, 0.6) is 0 Å². The first kappa shape index (κ1) is 78.4. The van der Waals surface area contributed by atoms with Crippen molar-refractivity contribution in [3.05, 3.63) is 48.6 Å². The summed E-state index contributed by atoms with van der Waals surface area (Å²) in [6, 6.07) is 0. The molecule has 0 saturated heterocycles. The SMILES string of the molecule is CC/C=C\C/C=C\C/C=C\C/C=C\CCCCC(=O)OCC(COC(=O)CCCCCCCCCCCCCCCCCCCCCCCCCCCCC)OC(=O)CCCCCCCCCCCCCCCCCCCCCCC. The summed E-state index contributed by atoms with van der Waals surface area (Å²) in [5, 5.41) is 0. The number of rotatable bonds is 67. The fraction of sp³-hybridized carbons (Fsp3) is 0.853. The average Bonchev–Trinajstić information content (AvgIpc) is 3.47. The second kappa shape index (κ2) is 69.9. The van der Waals surface area contributed by atoms with Crippen LogP contribution in [0.4, 0.5) is 0 Å². The minimum absolute atomic E-state index is 0.0809. The summed E-state index contributed by atoms with van der Waals surface area (Å²) in [5.74, 6) is -0.895. The van der Waals surface area contributed by atoms with Crippen molar-refractivity contribution in [2.75, 3.05) is 13.2 Å². The van der Waals surface area contributed by atoms with E-state index in [1.807, 2.05) is 0 Å². The maximum absolute atomic E-state index is 13.0. The lowest BCUT2D eigenvalue weighted by Gasteiger charge is -2.18. The molecule has 1 atom stereocenters. The number of ether oxygens (including phenoxy) is 3. The largest absolute Gasteiger partial charge is 0.462 e. The molecule has 0 aromatic carbocycles. The van der Waals surface area contributed by atoms with Crippen LogP contribution in [0, 0.1) is 0 Å². The number of hydrogen-bond acceptors (Lipinski definition) is 6. The van der Waals surface area contributed by atoms with Gasteiger partial charge in [0, 0.05) is 19.3 Å². The Bertz CT molecular complexity index is 1400.